The van der Waals surface area contributed by atoms with Crippen molar-refractivity contribution in [2.75, 3.05) is 4.72 Å². The molecule has 9 heteroatoms. The fourth-order valence-electron chi connectivity index (χ4n) is 1.61. The van der Waals surface area contributed by atoms with Gasteiger partial charge in [-0.05, 0) is 46.4 Å². The third-order valence-electron chi connectivity index (χ3n) is 2.63. The zero-order valence-corrected chi connectivity index (χ0v) is 13.9. The number of nitrogens with zero attached hydrogens (tertiary/aromatic N) is 1. The molecule has 0 saturated carbocycles. The normalized spacial score (nSPS) is 11.7. The summed E-state index contributed by atoms with van der Waals surface area (Å²) < 4.78 is 37.5. The molecular weight excluding hydrogens is 380 g/mol. The number of aryl methyl sites for hydroxylation is 1. The van der Waals surface area contributed by atoms with Crippen LogP contribution in [-0.4, -0.2) is 13.6 Å². The van der Waals surface area contributed by atoms with Gasteiger partial charge in [-0.2, -0.15) is 8.42 Å². The summed E-state index contributed by atoms with van der Waals surface area (Å²) in [6.45, 7) is 1.69. The van der Waals surface area contributed by atoms with Gasteiger partial charge in [-0.15, -0.1) is 11.3 Å². The van der Waals surface area contributed by atoms with Crippen LogP contribution in [0.25, 0.3) is 10.6 Å². The molecule has 0 unspecified atom stereocenters. The van der Waals surface area contributed by atoms with E-state index in [-0.39, 0.29) is 11.0 Å². The highest BCUT2D eigenvalue weighted by atomic mass is 79.9. The Kier molecular flexibility index (Phi) is 3.64. The van der Waals surface area contributed by atoms with E-state index >= 15 is 0 Å². The van der Waals surface area contributed by atoms with E-state index in [0.29, 0.717) is 15.9 Å². The Labute approximate surface area is 132 Å². The lowest BCUT2D eigenvalue weighted by molar-refractivity contribution is 0.428. The molecule has 0 atom stereocenters. The molecule has 0 aromatic carbocycles. The molecule has 0 aliphatic heterocycles. The van der Waals surface area contributed by atoms with Crippen LogP contribution in [0.2, 0.25) is 0 Å². The van der Waals surface area contributed by atoms with Gasteiger partial charge in [-0.3, -0.25) is 0 Å². The van der Waals surface area contributed by atoms with E-state index in [9.17, 15) is 8.42 Å². The van der Waals surface area contributed by atoms with Gasteiger partial charge in [0.2, 0.25) is 5.09 Å². The van der Waals surface area contributed by atoms with Crippen molar-refractivity contribution >= 4 is 43.2 Å². The molecule has 3 rings (SSSR count). The van der Waals surface area contributed by atoms with Crippen molar-refractivity contribution in [3.8, 4) is 10.6 Å². The van der Waals surface area contributed by atoms with Crippen molar-refractivity contribution in [3.05, 3.63) is 39.8 Å². The zero-order chi connectivity index (χ0) is 15.0. The SMILES string of the molecule is Cc1noc(NS(=O)(=O)c2ccc(-c3cccs3)o2)c1Br. The maximum absolute atomic E-state index is 12.2. The number of furan rings is 1. The number of thiophene rings is 1. The van der Waals surface area contributed by atoms with Gasteiger partial charge in [-0.25, -0.2) is 4.72 Å². The lowest BCUT2D eigenvalue weighted by atomic mass is 10.4. The number of hydrogen-bond donors (Lipinski definition) is 1. The van der Waals surface area contributed by atoms with Crippen LogP contribution < -0.4 is 4.72 Å². The van der Waals surface area contributed by atoms with Gasteiger partial charge >= 0.3 is 0 Å². The number of halogens is 1. The first-order valence-corrected chi connectivity index (χ1v) is 8.91. The Balaban J connectivity index is 1.90. The summed E-state index contributed by atoms with van der Waals surface area (Å²) in [5, 5.41) is 5.36. The molecule has 0 fully saturated rings. The monoisotopic (exact) mass is 388 g/mol. The van der Waals surface area contributed by atoms with E-state index in [2.05, 4.69) is 25.8 Å². The van der Waals surface area contributed by atoms with Crippen molar-refractivity contribution < 1.29 is 17.4 Å². The van der Waals surface area contributed by atoms with E-state index in [1.165, 1.54) is 17.4 Å². The average Bonchev–Trinajstić information content (AvgIpc) is 3.14. The summed E-state index contributed by atoms with van der Waals surface area (Å²) in [5.74, 6) is 0.514. The largest absolute Gasteiger partial charge is 0.442 e. The minimum atomic E-state index is -3.87. The number of aromatic nitrogens is 1. The van der Waals surface area contributed by atoms with E-state index in [0.717, 1.165) is 4.88 Å². The van der Waals surface area contributed by atoms with Crippen LogP contribution in [0.1, 0.15) is 5.69 Å². The summed E-state index contributed by atoms with van der Waals surface area (Å²) in [4.78, 5) is 0.855. The standard InChI is InChI=1S/C12H9BrN2O4S2/c1-7-11(13)12(19-14-7)15-21(16,17)10-5-4-8(18-10)9-3-2-6-20-9/h2-6,15H,1H3. The van der Waals surface area contributed by atoms with E-state index < -0.39 is 10.0 Å². The number of anilines is 1. The molecule has 1 N–H and O–H groups in total. The minimum absolute atomic E-state index is 0.0153. The topological polar surface area (TPSA) is 85.3 Å². The Bertz CT molecular complexity index is 865. The minimum Gasteiger partial charge on any atom is -0.442 e. The second kappa shape index (κ2) is 5.32. The van der Waals surface area contributed by atoms with Gasteiger partial charge in [-0.1, -0.05) is 11.2 Å². The van der Waals surface area contributed by atoms with Gasteiger partial charge in [0.15, 0.2) is 0 Å². The molecule has 3 aromatic heterocycles. The zero-order valence-electron chi connectivity index (χ0n) is 10.7. The first-order chi connectivity index (χ1) is 9.97. The molecule has 0 saturated heterocycles. The summed E-state index contributed by atoms with van der Waals surface area (Å²) in [5.41, 5.74) is 0.548. The van der Waals surface area contributed by atoms with Gasteiger partial charge in [0.05, 0.1) is 10.6 Å². The molecule has 6 nitrogen and oxygen atoms in total. The Morgan fingerprint density at radius 2 is 2.14 bits per heavy atom. The summed E-state index contributed by atoms with van der Waals surface area (Å²) >= 11 is 4.66. The first kappa shape index (κ1) is 14.4. The highest BCUT2D eigenvalue weighted by Gasteiger charge is 2.23. The van der Waals surface area contributed by atoms with Crippen LogP contribution in [0.3, 0.4) is 0 Å². The molecular formula is C12H9BrN2O4S2. The second-order valence-electron chi connectivity index (χ2n) is 4.11. The molecule has 0 bridgehead atoms. The van der Waals surface area contributed by atoms with Crippen molar-refractivity contribution in [2.24, 2.45) is 0 Å². The van der Waals surface area contributed by atoms with E-state index in [1.54, 1.807) is 13.0 Å². The number of sulfonamides is 1. The fraction of sp³-hybridized carbons (Fsp3) is 0.0833. The number of rotatable bonds is 4. The third-order valence-corrected chi connectivity index (χ3v) is 5.65. The fourth-order valence-corrected chi connectivity index (χ4v) is 3.60. The number of hydrogen-bond acceptors (Lipinski definition) is 6. The number of nitrogens with one attached hydrogen (secondary N) is 1. The molecule has 21 heavy (non-hydrogen) atoms. The van der Waals surface area contributed by atoms with E-state index in [1.807, 2.05) is 17.5 Å². The summed E-state index contributed by atoms with van der Waals surface area (Å²) in [7, 11) is -3.87. The Morgan fingerprint density at radius 3 is 2.76 bits per heavy atom. The molecule has 0 spiro atoms. The summed E-state index contributed by atoms with van der Waals surface area (Å²) in [6.07, 6.45) is 0. The van der Waals surface area contributed by atoms with Crippen LogP contribution in [0.15, 0.2) is 48.2 Å². The van der Waals surface area contributed by atoms with Crippen LogP contribution >= 0.6 is 27.3 Å². The lowest BCUT2D eigenvalue weighted by Crippen LogP contribution is -2.11. The van der Waals surface area contributed by atoms with Crippen molar-refractivity contribution in [1.29, 1.82) is 0 Å². The molecule has 3 heterocycles. The quantitative estimate of drug-likeness (QED) is 0.732. The van der Waals surface area contributed by atoms with Crippen LogP contribution in [0.5, 0.6) is 0 Å². The Morgan fingerprint density at radius 1 is 1.33 bits per heavy atom. The molecule has 0 amide bonds. The van der Waals surface area contributed by atoms with Crippen LogP contribution in [-0.2, 0) is 10.0 Å². The summed E-state index contributed by atoms with van der Waals surface area (Å²) in [6, 6.07) is 6.72. The lowest BCUT2D eigenvalue weighted by Gasteiger charge is -2.01. The molecule has 0 radical (unpaired) electrons. The average molecular weight is 389 g/mol. The maximum Gasteiger partial charge on any atom is 0.297 e. The molecule has 110 valence electrons. The van der Waals surface area contributed by atoms with Gasteiger partial charge in [0.1, 0.15) is 10.2 Å². The van der Waals surface area contributed by atoms with Crippen LogP contribution in [0, 0.1) is 6.92 Å². The molecule has 0 aliphatic rings. The van der Waals surface area contributed by atoms with Gasteiger partial charge < -0.3 is 8.94 Å². The Hall–Kier alpha value is -1.58. The highest BCUT2D eigenvalue weighted by Crippen LogP contribution is 2.31. The van der Waals surface area contributed by atoms with Gasteiger partial charge in [0, 0.05) is 0 Å². The van der Waals surface area contributed by atoms with Crippen molar-refractivity contribution in [1.82, 2.24) is 5.16 Å². The van der Waals surface area contributed by atoms with Crippen LogP contribution in [0.4, 0.5) is 5.88 Å². The second-order valence-corrected chi connectivity index (χ2v) is 7.47. The first-order valence-electron chi connectivity index (χ1n) is 5.75. The predicted octanol–water partition coefficient (Wildman–Crippen LogP) is 3.87. The molecule has 3 aromatic rings. The molecule has 0 aliphatic carbocycles. The third kappa shape index (κ3) is 2.76. The van der Waals surface area contributed by atoms with Crippen molar-refractivity contribution in [3.63, 3.8) is 0 Å². The smallest absolute Gasteiger partial charge is 0.297 e. The van der Waals surface area contributed by atoms with Gasteiger partial charge in [0.25, 0.3) is 15.9 Å². The maximum atomic E-state index is 12.2. The van der Waals surface area contributed by atoms with E-state index in [4.69, 9.17) is 8.94 Å². The predicted molar refractivity (Wildman–Crippen MR) is 81.8 cm³/mol. The highest BCUT2D eigenvalue weighted by molar-refractivity contribution is 9.10. The van der Waals surface area contributed by atoms with Crippen molar-refractivity contribution in [2.45, 2.75) is 12.0 Å².